The Hall–Kier alpha value is -2.42. The highest BCUT2D eigenvalue weighted by Gasteiger charge is 2.38. The molecule has 0 unspecified atom stereocenters. The number of ketones is 1. The molecule has 1 aromatic carbocycles. The summed E-state index contributed by atoms with van der Waals surface area (Å²) in [5.74, 6) is 0.122. The Labute approximate surface area is 144 Å². The first-order chi connectivity index (χ1) is 11.3. The molecule has 0 atom stereocenters. The summed E-state index contributed by atoms with van der Waals surface area (Å²) < 4.78 is 2.02. The number of allylic oxidation sites excluding steroid dienone is 2. The van der Waals surface area contributed by atoms with Gasteiger partial charge in [0.2, 0.25) is 12.3 Å². The lowest BCUT2D eigenvalue weighted by Crippen LogP contribution is -2.41. The molecule has 1 aliphatic rings. The van der Waals surface area contributed by atoms with Crippen LogP contribution in [0.15, 0.2) is 54.4 Å². The maximum Gasteiger partial charge on any atom is 0.222 e. The maximum atomic E-state index is 12.7. The van der Waals surface area contributed by atoms with Gasteiger partial charge in [0.15, 0.2) is 11.9 Å². The number of hydrogen-bond acceptors (Lipinski definition) is 2. The molecule has 3 rings (SSSR count). The second-order valence-corrected chi connectivity index (χ2v) is 7.10. The predicted molar refractivity (Wildman–Crippen MR) is 97.1 cm³/mol. The van der Waals surface area contributed by atoms with Crippen molar-refractivity contribution in [1.82, 2.24) is 0 Å². The largest absolute Gasteiger partial charge is 0.347 e. The number of anilines is 1. The number of rotatable bonds is 3. The number of aryl methyl sites for hydroxylation is 1. The predicted octanol–water partition coefficient (Wildman–Crippen LogP) is 3.47. The minimum atomic E-state index is -0.159. The number of carbonyl (C=O) groups excluding carboxylic acids is 1. The van der Waals surface area contributed by atoms with Crippen LogP contribution >= 0.6 is 0 Å². The third-order valence-corrected chi connectivity index (χ3v) is 5.18. The number of pyridine rings is 1. The summed E-state index contributed by atoms with van der Waals surface area (Å²) >= 11 is 0. The van der Waals surface area contributed by atoms with Gasteiger partial charge in [0.1, 0.15) is 0 Å². The highest BCUT2D eigenvalue weighted by molar-refractivity contribution is 5.91. The van der Waals surface area contributed by atoms with E-state index in [9.17, 15) is 4.79 Å². The van der Waals surface area contributed by atoms with Crippen LogP contribution in [0.4, 0.5) is 5.69 Å². The van der Waals surface area contributed by atoms with Gasteiger partial charge < -0.3 is 4.90 Å². The normalized spacial score (nSPS) is 17.2. The van der Waals surface area contributed by atoms with E-state index in [1.54, 1.807) is 0 Å². The lowest BCUT2D eigenvalue weighted by molar-refractivity contribution is -0.690. The Bertz CT molecular complexity index is 833. The molecule has 3 heteroatoms. The van der Waals surface area contributed by atoms with Gasteiger partial charge in [0, 0.05) is 48.5 Å². The van der Waals surface area contributed by atoms with Crippen LogP contribution in [-0.4, -0.2) is 12.8 Å². The van der Waals surface area contributed by atoms with Crippen molar-refractivity contribution >= 4 is 11.5 Å². The van der Waals surface area contributed by atoms with E-state index in [1.807, 2.05) is 36.0 Å². The van der Waals surface area contributed by atoms with Gasteiger partial charge in [-0.1, -0.05) is 32.0 Å². The van der Waals surface area contributed by atoms with Crippen LogP contribution in [-0.2, 0) is 16.8 Å². The van der Waals surface area contributed by atoms with Crippen molar-refractivity contribution in [2.45, 2.75) is 39.7 Å². The van der Waals surface area contributed by atoms with Crippen LogP contribution in [0.5, 0.6) is 0 Å². The molecule has 0 amide bonds. The Kier molecular flexibility index (Phi) is 4.04. The van der Waals surface area contributed by atoms with E-state index in [0.717, 1.165) is 11.4 Å². The maximum absolute atomic E-state index is 12.7. The number of aromatic nitrogens is 1. The topological polar surface area (TPSA) is 24.2 Å². The summed E-state index contributed by atoms with van der Waals surface area (Å²) in [6.45, 7) is 8.85. The van der Waals surface area contributed by atoms with E-state index < -0.39 is 0 Å². The molecule has 0 saturated heterocycles. The fraction of sp³-hybridized carbons (Fsp3) is 0.333. The second kappa shape index (κ2) is 5.90. The fourth-order valence-electron chi connectivity index (χ4n) is 3.55. The van der Waals surface area contributed by atoms with Gasteiger partial charge in [-0.3, -0.25) is 4.79 Å². The fourth-order valence-corrected chi connectivity index (χ4v) is 3.55. The first-order valence-corrected chi connectivity index (χ1v) is 8.36. The van der Waals surface area contributed by atoms with Crippen LogP contribution in [0.1, 0.15) is 30.7 Å². The van der Waals surface area contributed by atoms with Gasteiger partial charge in [-0.15, -0.1) is 0 Å². The number of likely N-dealkylation sites (N-methyl/N-ethyl adjacent to an activating group) is 1. The summed E-state index contributed by atoms with van der Waals surface area (Å²) in [5, 5.41) is 0. The summed E-state index contributed by atoms with van der Waals surface area (Å²) in [6.07, 6.45) is 3.78. The molecule has 0 aliphatic carbocycles. The zero-order valence-corrected chi connectivity index (χ0v) is 15.1. The number of hydrogen-bond donors (Lipinski definition) is 0. The summed E-state index contributed by atoms with van der Waals surface area (Å²) in [6, 6.07) is 12.4. The van der Waals surface area contributed by atoms with Crippen molar-refractivity contribution in [2.24, 2.45) is 0 Å². The molecule has 3 nitrogen and oxygen atoms in total. The number of benzene rings is 1. The van der Waals surface area contributed by atoms with Gasteiger partial charge in [-0.05, 0) is 24.6 Å². The summed E-state index contributed by atoms with van der Waals surface area (Å²) in [4.78, 5) is 14.8. The average Bonchev–Trinajstić information content (AvgIpc) is 2.73. The number of carbonyl (C=O) groups is 1. The van der Waals surface area contributed by atoms with Crippen molar-refractivity contribution in [3.05, 3.63) is 71.2 Å². The van der Waals surface area contributed by atoms with E-state index >= 15 is 0 Å². The van der Waals surface area contributed by atoms with Crippen molar-refractivity contribution in [1.29, 1.82) is 0 Å². The van der Waals surface area contributed by atoms with Crippen molar-refractivity contribution < 1.29 is 9.36 Å². The molecule has 2 aromatic rings. The average molecular weight is 321 g/mol. The van der Waals surface area contributed by atoms with E-state index in [-0.39, 0.29) is 11.2 Å². The van der Waals surface area contributed by atoms with Crippen LogP contribution in [0.2, 0.25) is 0 Å². The van der Waals surface area contributed by atoms with Gasteiger partial charge in [0.05, 0.1) is 0 Å². The Morgan fingerprint density at radius 3 is 2.58 bits per heavy atom. The number of para-hydroxylation sites is 1. The second-order valence-electron chi connectivity index (χ2n) is 7.10. The highest BCUT2D eigenvalue weighted by atomic mass is 16.1. The van der Waals surface area contributed by atoms with E-state index in [4.69, 9.17) is 0 Å². The molecule has 1 aliphatic heterocycles. The molecule has 1 aromatic heterocycles. The molecule has 0 saturated carbocycles. The lowest BCUT2D eigenvalue weighted by Gasteiger charge is -2.23. The number of fused-ring (bicyclic) bond motifs is 1. The van der Waals surface area contributed by atoms with Gasteiger partial charge in [0.25, 0.3) is 0 Å². The van der Waals surface area contributed by atoms with Crippen LogP contribution in [0, 0.1) is 13.8 Å². The molecule has 124 valence electrons. The molecule has 0 fully saturated rings. The van der Waals surface area contributed by atoms with Crippen molar-refractivity contribution in [3.8, 4) is 0 Å². The zero-order valence-electron chi connectivity index (χ0n) is 15.1. The van der Waals surface area contributed by atoms with Gasteiger partial charge in [-0.25, -0.2) is 0 Å². The highest BCUT2D eigenvalue weighted by Crippen LogP contribution is 2.46. The first-order valence-electron chi connectivity index (χ1n) is 8.36. The first kappa shape index (κ1) is 16.4. The van der Waals surface area contributed by atoms with E-state index in [2.05, 4.69) is 56.9 Å². The molecule has 24 heavy (non-hydrogen) atoms. The number of nitrogens with zero attached hydrogens (tertiary/aromatic N) is 2. The Morgan fingerprint density at radius 2 is 1.88 bits per heavy atom. The minimum absolute atomic E-state index is 0.122. The molecule has 0 bridgehead atoms. The molecule has 0 radical (unpaired) electrons. The summed E-state index contributed by atoms with van der Waals surface area (Å²) in [5.41, 5.74) is 5.68. The van der Waals surface area contributed by atoms with E-state index in [0.29, 0.717) is 6.54 Å². The van der Waals surface area contributed by atoms with E-state index in [1.165, 1.54) is 16.8 Å². The Morgan fingerprint density at radius 1 is 1.17 bits per heavy atom. The van der Waals surface area contributed by atoms with Crippen LogP contribution in [0.3, 0.4) is 0 Å². The third kappa shape index (κ3) is 2.64. The standard InChI is InChI=1S/C21H25N2O/c1-15-9-8-12-23(16(15)2)14-17(24)13-20-21(3,4)18-10-6-7-11-19(18)22(20)5/h6-13H,14H2,1-5H3/q+1/b20-13+. The van der Waals surface area contributed by atoms with Crippen LogP contribution in [0.25, 0.3) is 0 Å². The van der Waals surface area contributed by atoms with Gasteiger partial charge in [-0.2, -0.15) is 4.57 Å². The lowest BCUT2D eigenvalue weighted by atomic mass is 9.83. The summed E-state index contributed by atoms with van der Waals surface area (Å²) in [7, 11) is 2.04. The Balaban J connectivity index is 1.92. The molecule has 2 heterocycles. The molecule has 0 N–H and O–H groups in total. The molecular formula is C21H25N2O+. The molecular weight excluding hydrogens is 296 g/mol. The zero-order chi connectivity index (χ0) is 17.5. The van der Waals surface area contributed by atoms with Crippen LogP contribution < -0.4 is 9.47 Å². The third-order valence-electron chi connectivity index (χ3n) is 5.18. The SMILES string of the molecule is Cc1ccc[n+](CC(=O)/C=C2/N(C)c3ccccc3C2(C)C)c1C. The van der Waals surface area contributed by atoms with Crippen molar-refractivity contribution in [3.63, 3.8) is 0 Å². The smallest absolute Gasteiger partial charge is 0.222 e. The van der Waals surface area contributed by atoms with Gasteiger partial charge >= 0.3 is 0 Å². The van der Waals surface area contributed by atoms with Crippen molar-refractivity contribution in [2.75, 3.05) is 11.9 Å². The minimum Gasteiger partial charge on any atom is -0.347 e. The monoisotopic (exact) mass is 321 g/mol. The molecule has 0 spiro atoms. The quantitative estimate of drug-likeness (QED) is 0.638.